The molecule has 0 atom stereocenters. The lowest BCUT2D eigenvalue weighted by Crippen LogP contribution is -2.00. The molecule has 0 saturated carbocycles. The standard InChI is InChI=1S/C20H18N2OS/c1-12-11-21-17-6-7-18-16(8-9-24-18)19(17)20(12)22-15-5-3-4-14(10-15)13(2)23/h3-7,10-11H,8-9H2,1-2H3,(H,21,22). The second-order valence-corrected chi connectivity index (χ2v) is 7.25. The monoisotopic (exact) mass is 334 g/mol. The van der Waals surface area contributed by atoms with Gasteiger partial charge in [0.2, 0.25) is 0 Å². The van der Waals surface area contributed by atoms with Crippen LogP contribution in [0.1, 0.15) is 28.4 Å². The number of thioether (sulfide) groups is 1. The van der Waals surface area contributed by atoms with Crippen molar-refractivity contribution in [2.24, 2.45) is 0 Å². The lowest BCUT2D eigenvalue weighted by atomic mass is 10.0. The summed E-state index contributed by atoms with van der Waals surface area (Å²) in [5.41, 5.74) is 6.27. The van der Waals surface area contributed by atoms with Crippen LogP contribution in [-0.2, 0) is 6.42 Å². The van der Waals surface area contributed by atoms with Gasteiger partial charge in [0.25, 0.3) is 0 Å². The van der Waals surface area contributed by atoms with E-state index in [4.69, 9.17) is 0 Å². The summed E-state index contributed by atoms with van der Waals surface area (Å²) < 4.78 is 0. The molecule has 0 aliphatic carbocycles. The predicted octanol–water partition coefficient (Wildman–Crippen LogP) is 5.14. The van der Waals surface area contributed by atoms with E-state index in [1.54, 1.807) is 6.92 Å². The van der Waals surface area contributed by atoms with Crippen LogP contribution in [0.25, 0.3) is 10.9 Å². The Labute approximate surface area is 145 Å². The maximum Gasteiger partial charge on any atom is 0.159 e. The number of ketones is 1. The molecule has 24 heavy (non-hydrogen) atoms. The second kappa shape index (κ2) is 5.95. The molecule has 0 saturated heterocycles. The summed E-state index contributed by atoms with van der Waals surface area (Å²) in [5, 5.41) is 4.75. The number of carbonyl (C=O) groups is 1. The molecular weight excluding hydrogens is 316 g/mol. The average Bonchev–Trinajstić information content (AvgIpc) is 3.06. The van der Waals surface area contributed by atoms with Gasteiger partial charge >= 0.3 is 0 Å². The Morgan fingerprint density at radius 1 is 1.25 bits per heavy atom. The summed E-state index contributed by atoms with van der Waals surface area (Å²) in [4.78, 5) is 17.6. The van der Waals surface area contributed by atoms with Crippen molar-refractivity contribution in [1.29, 1.82) is 0 Å². The smallest absolute Gasteiger partial charge is 0.159 e. The van der Waals surface area contributed by atoms with Crippen molar-refractivity contribution in [2.45, 2.75) is 25.2 Å². The van der Waals surface area contributed by atoms with Gasteiger partial charge in [-0.2, -0.15) is 0 Å². The molecule has 4 rings (SSSR count). The Morgan fingerprint density at radius 2 is 2.12 bits per heavy atom. The molecule has 1 N–H and O–H groups in total. The number of fused-ring (bicyclic) bond motifs is 3. The molecule has 0 radical (unpaired) electrons. The van der Waals surface area contributed by atoms with E-state index in [-0.39, 0.29) is 5.78 Å². The van der Waals surface area contributed by atoms with Crippen LogP contribution in [0.2, 0.25) is 0 Å². The van der Waals surface area contributed by atoms with Gasteiger partial charge in [-0.1, -0.05) is 12.1 Å². The number of aryl methyl sites for hydroxylation is 2. The summed E-state index contributed by atoms with van der Waals surface area (Å²) in [6.07, 6.45) is 2.98. The average molecular weight is 334 g/mol. The van der Waals surface area contributed by atoms with Crippen LogP contribution in [0, 0.1) is 6.92 Å². The summed E-state index contributed by atoms with van der Waals surface area (Å²) in [7, 11) is 0. The van der Waals surface area contributed by atoms with Crippen molar-refractivity contribution < 1.29 is 4.79 Å². The maximum absolute atomic E-state index is 11.6. The van der Waals surface area contributed by atoms with Crippen molar-refractivity contribution >= 4 is 39.8 Å². The fourth-order valence-corrected chi connectivity index (χ4v) is 4.27. The van der Waals surface area contributed by atoms with Crippen molar-refractivity contribution in [2.75, 3.05) is 11.1 Å². The van der Waals surface area contributed by atoms with Gasteiger partial charge in [0.1, 0.15) is 0 Å². The van der Waals surface area contributed by atoms with E-state index < -0.39 is 0 Å². The van der Waals surface area contributed by atoms with E-state index in [2.05, 4.69) is 29.4 Å². The van der Waals surface area contributed by atoms with E-state index in [0.717, 1.165) is 40.2 Å². The molecule has 2 heterocycles. The van der Waals surface area contributed by atoms with E-state index >= 15 is 0 Å². The topological polar surface area (TPSA) is 42.0 Å². The molecule has 1 aliphatic heterocycles. The number of anilines is 2. The minimum absolute atomic E-state index is 0.0762. The molecule has 0 fully saturated rings. The lowest BCUT2D eigenvalue weighted by molar-refractivity contribution is 0.101. The number of Topliss-reactive ketones (excluding diaryl/α,β-unsaturated/α-hetero) is 1. The third-order valence-corrected chi connectivity index (χ3v) is 5.54. The number of nitrogens with one attached hydrogen (secondary N) is 1. The molecule has 2 aromatic carbocycles. The molecule has 120 valence electrons. The van der Waals surface area contributed by atoms with Crippen molar-refractivity contribution in [3.05, 3.63) is 59.3 Å². The number of hydrogen-bond acceptors (Lipinski definition) is 4. The Balaban J connectivity index is 1.87. The zero-order valence-electron chi connectivity index (χ0n) is 13.7. The molecule has 1 aliphatic rings. The largest absolute Gasteiger partial charge is 0.355 e. The second-order valence-electron chi connectivity index (χ2n) is 6.11. The molecule has 0 spiro atoms. The third kappa shape index (κ3) is 2.57. The van der Waals surface area contributed by atoms with Gasteiger partial charge in [0.05, 0.1) is 11.2 Å². The Hall–Kier alpha value is -2.33. The van der Waals surface area contributed by atoms with Crippen LogP contribution in [0.15, 0.2) is 47.5 Å². The van der Waals surface area contributed by atoms with Gasteiger partial charge < -0.3 is 5.32 Å². The molecule has 3 nitrogen and oxygen atoms in total. The minimum atomic E-state index is 0.0762. The molecular formula is C20H18N2OS. The lowest BCUT2D eigenvalue weighted by Gasteiger charge is -2.15. The summed E-state index contributed by atoms with van der Waals surface area (Å²) >= 11 is 1.91. The van der Waals surface area contributed by atoms with E-state index in [1.165, 1.54) is 15.8 Å². The van der Waals surface area contributed by atoms with Gasteiger partial charge in [0, 0.05) is 33.5 Å². The quantitative estimate of drug-likeness (QED) is 0.674. The van der Waals surface area contributed by atoms with Crippen molar-refractivity contribution in [3.63, 3.8) is 0 Å². The zero-order chi connectivity index (χ0) is 16.7. The van der Waals surface area contributed by atoms with Gasteiger partial charge in [-0.3, -0.25) is 9.78 Å². The third-order valence-electron chi connectivity index (χ3n) is 4.44. The summed E-state index contributed by atoms with van der Waals surface area (Å²) in [6.45, 7) is 3.67. The highest BCUT2D eigenvalue weighted by atomic mass is 32.2. The van der Waals surface area contributed by atoms with Crippen molar-refractivity contribution in [3.8, 4) is 0 Å². The molecule has 0 unspecified atom stereocenters. The molecule has 1 aromatic heterocycles. The summed E-state index contributed by atoms with van der Waals surface area (Å²) in [5.74, 6) is 1.20. The molecule has 4 heteroatoms. The van der Waals surface area contributed by atoms with Crippen LogP contribution in [0.5, 0.6) is 0 Å². The first-order valence-corrected chi connectivity index (χ1v) is 9.04. The SMILES string of the molecule is CC(=O)c1cccc(Nc2c(C)cnc3ccc4c(c23)CCS4)c1. The van der Waals surface area contributed by atoms with E-state index in [9.17, 15) is 4.79 Å². The van der Waals surface area contributed by atoms with Gasteiger partial charge in [-0.05, 0) is 55.7 Å². The molecule has 3 aromatic rings. The molecule has 0 amide bonds. The molecule has 0 bridgehead atoms. The first kappa shape index (κ1) is 15.2. The van der Waals surface area contributed by atoms with Crippen molar-refractivity contribution in [1.82, 2.24) is 4.98 Å². The van der Waals surface area contributed by atoms with Gasteiger partial charge in [0.15, 0.2) is 5.78 Å². The minimum Gasteiger partial charge on any atom is -0.355 e. The number of rotatable bonds is 3. The highest BCUT2D eigenvalue weighted by molar-refractivity contribution is 7.99. The van der Waals surface area contributed by atoms with Crippen LogP contribution in [0.3, 0.4) is 0 Å². The number of carbonyl (C=O) groups excluding carboxylic acids is 1. The fraction of sp³-hybridized carbons (Fsp3) is 0.200. The number of nitrogens with zero attached hydrogens (tertiary/aromatic N) is 1. The number of pyridine rings is 1. The number of benzene rings is 2. The Kier molecular flexibility index (Phi) is 3.77. The summed E-state index contributed by atoms with van der Waals surface area (Å²) in [6, 6.07) is 11.9. The van der Waals surface area contributed by atoms with Gasteiger partial charge in [-0.25, -0.2) is 0 Å². The van der Waals surface area contributed by atoms with Gasteiger partial charge in [-0.15, -0.1) is 11.8 Å². The highest BCUT2D eigenvalue weighted by Crippen LogP contribution is 2.40. The van der Waals surface area contributed by atoms with Crippen LogP contribution >= 0.6 is 11.8 Å². The van der Waals surface area contributed by atoms with E-state index in [0.29, 0.717) is 0 Å². The zero-order valence-corrected chi connectivity index (χ0v) is 14.5. The highest BCUT2D eigenvalue weighted by Gasteiger charge is 2.18. The Bertz CT molecular complexity index is 965. The van der Waals surface area contributed by atoms with Crippen LogP contribution in [0.4, 0.5) is 11.4 Å². The predicted molar refractivity (Wildman–Crippen MR) is 101 cm³/mol. The first-order valence-electron chi connectivity index (χ1n) is 8.05. The number of hydrogen-bond donors (Lipinski definition) is 1. The van der Waals surface area contributed by atoms with Crippen LogP contribution in [-0.4, -0.2) is 16.5 Å². The maximum atomic E-state index is 11.6. The first-order chi connectivity index (χ1) is 11.6. The normalized spacial score (nSPS) is 13.1. The number of aromatic nitrogens is 1. The van der Waals surface area contributed by atoms with E-state index in [1.807, 2.05) is 42.2 Å². The fourth-order valence-electron chi connectivity index (χ4n) is 3.20. The Morgan fingerprint density at radius 3 is 2.96 bits per heavy atom. The van der Waals surface area contributed by atoms with Crippen LogP contribution < -0.4 is 5.32 Å².